The number of nitrogens with zero attached hydrogens (tertiary/aromatic N) is 1. The van der Waals surface area contributed by atoms with Gasteiger partial charge in [0.05, 0.1) is 11.5 Å². The van der Waals surface area contributed by atoms with Crippen LogP contribution in [-0.4, -0.2) is 0 Å². The van der Waals surface area contributed by atoms with Crippen molar-refractivity contribution in [2.24, 2.45) is 11.3 Å². The maximum Gasteiger partial charge on any atom is 0.123 e. The molecule has 2 unspecified atom stereocenters. The fourth-order valence-corrected chi connectivity index (χ4v) is 3.11. The Balaban J connectivity index is 2.19. The van der Waals surface area contributed by atoms with Gasteiger partial charge >= 0.3 is 0 Å². The van der Waals surface area contributed by atoms with E-state index in [1.165, 1.54) is 6.07 Å². The monoisotopic (exact) mass is 245 g/mol. The third-order valence-corrected chi connectivity index (χ3v) is 4.36. The van der Waals surface area contributed by atoms with Crippen molar-refractivity contribution in [1.29, 1.82) is 5.26 Å². The molecule has 1 aromatic rings. The largest absolute Gasteiger partial charge is 0.207 e. The Morgan fingerprint density at radius 2 is 2.28 bits per heavy atom. The second-order valence-electron chi connectivity index (χ2n) is 5.66. The zero-order valence-electron chi connectivity index (χ0n) is 11.2. The highest BCUT2D eigenvalue weighted by Gasteiger charge is 2.38. The van der Waals surface area contributed by atoms with Gasteiger partial charge in [-0.2, -0.15) is 5.26 Å². The van der Waals surface area contributed by atoms with E-state index in [9.17, 15) is 9.65 Å². The van der Waals surface area contributed by atoms with Crippen LogP contribution in [0, 0.1) is 35.4 Å². The molecule has 1 saturated carbocycles. The van der Waals surface area contributed by atoms with Crippen LogP contribution in [0.1, 0.15) is 43.7 Å². The highest BCUT2D eigenvalue weighted by Crippen LogP contribution is 2.45. The van der Waals surface area contributed by atoms with Crippen molar-refractivity contribution in [3.63, 3.8) is 0 Å². The Labute approximate surface area is 109 Å². The van der Waals surface area contributed by atoms with E-state index >= 15 is 0 Å². The van der Waals surface area contributed by atoms with E-state index in [1.807, 2.05) is 13.0 Å². The summed E-state index contributed by atoms with van der Waals surface area (Å²) < 4.78 is 13.1. The summed E-state index contributed by atoms with van der Waals surface area (Å²) in [6, 6.07) is 7.44. The lowest BCUT2D eigenvalue weighted by molar-refractivity contribution is 0.380. The predicted molar refractivity (Wildman–Crippen MR) is 70.5 cm³/mol. The highest BCUT2D eigenvalue weighted by atomic mass is 19.1. The van der Waals surface area contributed by atoms with Crippen molar-refractivity contribution in [3.8, 4) is 6.07 Å². The minimum Gasteiger partial charge on any atom is -0.207 e. The molecule has 1 aromatic carbocycles. The normalized spacial score (nSPS) is 27.1. The topological polar surface area (TPSA) is 23.8 Å². The van der Waals surface area contributed by atoms with Gasteiger partial charge in [-0.25, -0.2) is 4.39 Å². The van der Waals surface area contributed by atoms with Gasteiger partial charge in [0.1, 0.15) is 5.82 Å². The molecule has 0 heterocycles. The van der Waals surface area contributed by atoms with Gasteiger partial charge in [-0.3, -0.25) is 0 Å². The average Bonchev–Trinajstić information content (AvgIpc) is 2.77. The molecule has 0 saturated heterocycles. The van der Waals surface area contributed by atoms with Gasteiger partial charge < -0.3 is 0 Å². The first-order valence-corrected chi connectivity index (χ1v) is 6.75. The van der Waals surface area contributed by atoms with Gasteiger partial charge in [0.2, 0.25) is 0 Å². The van der Waals surface area contributed by atoms with Gasteiger partial charge in [0, 0.05) is 0 Å². The van der Waals surface area contributed by atoms with Gasteiger partial charge in [-0.15, -0.1) is 0 Å². The molecule has 2 atom stereocenters. The van der Waals surface area contributed by atoms with E-state index < -0.39 is 0 Å². The average molecular weight is 245 g/mol. The van der Waals surface area contributed by atoms with Crippen molar-refractivity contribution in [3.05, 3.63) is 35.1 Å². The number of benzene rings is 1. The van der Waals surface area contributed by atoms with E-state index in [4.69, 9.17) is 0 Å². The summed E-state index contributed by atoms with van der Waals surface area (Å²) in [6.45, 7) is 4.12. The quantitative estimate of drug-likeness (QED) is 0.774. The predicted octanol–water partition coefficient (Wildman–Crippen LogP) is 4.40. The van der Waals surface area contributed by atoms with E-state index in [0.29, 0.717) is 5.92 Å². The summed E-state index contributed by atoms with van der Waals surface area (Å²) >= 11 is 0. The molecule has 0 radical (unpaired) electrons. The summed E-state index contributed by atoms with van der Waals surface area (Å²) in [5, 5.41) is 9.51. The third-order valence-electron chi connectivity index (χ3n) is 4.36. The van der Waals surface area contributed by atoms with Crippen LogP contribution < -0.4 is 0 Å². The fourth-order valence-electron chi connectivity index (χ4n) is 3.11. The van der Waals surface area contributed by atoms with Crippen LogP contribution in [0.5, 0.6) is 0 Å². The van der Waals surface area contributed by atoms with E-state index in [2.05, 4.69) is 13.0 Å². The van der Waals surface area contributed by atoms with Crippen LogP contribution in [0.4, 0.5) is 4.39 Å². The second-order valence-corrected chi connectivity index (χ2v) is 5.66. The molecule has 0 amide bonds. The molecule has 2 rings (SSSR count). The number of hydrogen-bond donors (Lipinski definition) is 0. The first-order chi connectivity index (χ1) is 8.58. The Bertz CT molecular complexity index is 474. The lowest BCUT2D eigenvalue weighted by Crippen LogP contribution is -2.18. The number of aryl methyl sites for hydroxylation is 1. The Hall–Kier alpha value is -1.36. The molecule has 0 N–H and O–H groups in total. The number of halogens is 1. The van der Waals surface area contributed by atoms with E-state index in [1.54, 1.807) is 6.07 Å². The molecule has 18 heavy (non-hydrogen) atoms. The molecule has 1 aliphatic rings. The van der Waals surface area contributed by atoms with E-state index in [0.717, 1.165) is 43.2 Å². The Morgan fingerprint density at radius 3 is 2.83 bits per heavy atom. The molecule has 0 aromatic heterocycles. The zero-order chi connectivity index (χ0) is 13.2. The second kappa shape index (κ2) is 5.10. The van der Waals surface area contributed by atoms with Crippen LogP contribution in [0.25, 0.3) is 0 Å². The van der Waals surface area contributed by atoms with Gasteiger partial charge in [0.15, 0.2) is 0 Å². The van der Waals surface area contributed by atoms with Crippen molar-refractivity contribution in [1.82, 2.24) is 0 Å². The Kier molecular flexibility index (Phi) is 3.71. The first kappa shape index (κ1) is 13.1. The van der Waals surface area contributed by atoms with Crippen molar-refractivity contribution < 1.29 is 4.39 Å². The number of nitriles is 1. The summed E-state index contributed by atoms with van der Waals surface area (Å²) in [6.07, 6.45) is 5.07. The molecule has 0 aliphatic heterocycles. The molecule has 0 spiro atoms. The lowest BCUT2D eigenvalue weighted by Gasteiger charge is -2.22. The minimum absolute atomic E-state index is 0.194. The minimum atomic E-state index is -0.219. The molecule has 1 fully saturated rings. The summed E-state index contributed by atoms with van der Waals surface area (Å²) in [5.74, 6) is 0.491. The standard InChI is InChI=1S/C16H20FN/c1-3-13-6-7-16(9-13,11-18)10-14-4-5-15(17)8-12(14)2/h4-5,8,13H,3,6-7,9-10H2,1-2H3. The fraction of sp³-hybridized carbons (Fsp3) is 0.562. The smallest absolute Gasteiger partial charge is 0.123 e. The van der Waals surface area contributed by atoms with E-state index in [-0.39, 0.29) is 11.2 Å². The van der Waals surface area contributed by atoms with Crippen LogP contribution in [0.15, 0.2) is 18.2 Å². The molecular formula is C16H20FN. The molecule has 96 valence electrons. The molecular weight excluding hydrogens is 225 g/mol. The van der Waals surface area contributed by atoms with Crippen LogP contribution >= 0.6 is 0 Å². The number of hydrogen-bond acceptors (Lipinski definition) is 1. The molecule has 0 bridgehead atoms. The zero-order valence-corrected chi connectivity index (χ0v) is 11.2. The molecule has 1 nitrogen and oxygen atoms in total. The van der Waals surface area contributed by atoms with Crippen molar-refractivity contribution in [2.45, 2.75) is 46.0 Å². The lowest BCUT2D eigenvalue weighted by atomic mass is 9.79. The van der Waals surface area contributed by atoms with Crippen LogP contribution in [0.2, 0.25) is 0 Å². The molecule has 2 heteroatoms. The highest BCUT2D eigenvalue weighted by molar-refractivity contribution is 5.29. The summed E-state index contributed by atoms with van der Waals surface area (Å²) in [5.41, 5.74) is 1.86. The van der Waals surface area contributed by atoms with Gasteiger partial charge in [-0.05, 0) is 61.8 Å². The SMILES string of the molecule is CCC1CCC(C#N)(Cc2ccc(F)cc2C)C1. The third kappa shape index (κ3) is 2.56. The van der Waals surface area contributed by atoms with Crippen LogP contribution in [0.3, 0.4) is 0 Å². The first-order valence-electron chi connectivity index (χ1n) is 6.75. The number of rotatable bonds is 3. The van der Waals surface area contributed by atoms with Crippen molar-refractivity contribution in [2.75, 3.05) is 0 Å². The summed E-state index contributed by atoms with van der Waals surface area (Å²) in [7, 11) is 0. The molecule has 1 aliphatic carbocycles. The van der Waals surface area contributed by atoms with Crippen LogP contribution in [-0.2, 0) is 6.42 Å². The Morgan fingerprint density at radius 1 is 1.50 bits per heavy atom. The summed E-state index contributed by atoms with van der Waals surface area (Å²) in [4.78, 5) is 0. The maximum absolute atomic E-state index is 13.1. The van der Waals surface area contributed by atoms with Gasteiger partial charge in [0.25, 0.3) is 0 Å². The van der Waals surface area contributed by atoms with Crippen molar-refractivity contribution >= 4 is 0 Å². The maximum atomic E-state index is 13.1. The van der Waals surface area contributed by atoms with Gasteiger partial charge in [-0.1, -0.05) is 19.4 Å².